The lowest BCUT2D eigenvalue weighted by Gasteiger charge is -2.07. The van der Waals surface area contributed by atoms with E-state index in [-0.39, 0.29) is 0 Å². The van der Waals surface area contributed by atoms with E-state index in [0.29, 0.717) is 5.92 Å². The third-order valence-electron chi connectivity index (χ3n) is 2.76. The maximum atomic E-state index is 4.63. The van der Waals surface area contributed by atoms with Crippen molar-refractivity contribution in [3.8, 4) is 0 Å². The van der Waals surface area contributed by atoms with Crippen LogP contribution in [-0.4, -0.2) is 9.97 Å². The molecule has 0 amide bonds. The van der Waals surface area contributed by atoms with Crippen LogP contribution in [0.3, 0.4) is 0 Å². The van der Waals surface area contributed by atoms with Crippen LogP contribution in [0.2, 0.25) is 0 Å². The molecule has 0 saturated carbocycles. The maximum Gasteiger partial charge on any atom is 0.0633 e. The van der Waals surface area contributed by atoms with Crippen molar-refractivity contribution >= 4 is 0 Å². The first kappa shape index (κ1) is 11.8. The summed E-state index contributed by atoms with van der Waals surface area (Å²) in [7, 11) is 0. The molecule has 0 spiro atoms. The van der Waals surface area contributed by atoms with Crippen LogP contribution in [0, 0.1) is 6.92 Å². The van der Waals surface area contributed by atoms with Crippen LogP contribution in [0.25, 0.3) is 0 Å². The zero-order valence-corrected chi connectivity index (χ0v) is 10.6. The van der Waals surface area contributed by atoms with E-state index >= 15 is 0 Å². The van der Waals surface area contributed by atoms with Crippen molar-refractivity contribution < 1.29 is 0 Å². The Morgan fingerprint density at radius 3 is 2.71 bits per heavy atom. The highest BCUT2D eigenvalue weighted by molar-refractivity contribution is 5.26. The molecule has 88 valence electrons. The van der Waals surface area contributed by atoms with Crippen molar-refractivity contribution in [3.05, 3.63) is 59.2 Å². The molecule has 0 aliphatic heterocycles. The predicted molar refractivity (Wildman–Crippen MR) is 70.1 cm³/mol. The van der Waals surface area contributed by atoms with Gasteiger partial charge in [0.25, 0.3) is 0 Å². The lowest BCUT2D eigenvalue weighted by atomic mass is 10.1. The minimum Gasteiger partial charge on any atom is -0.261 e. The maximum absolute atomic E-state index is 4.63. The molecule has 0 fully saturated rings. The average Bonchev–Trinajstić information content (AvgIpc) is 2.29. The highest BCUT2D eigenvalue weighted by Gasteiger charge is 2.04. The minimum absolute atomic E-state index is 0.431. The van der Waals surface area contributed by atoms with Crippen LogP contribution in [0.4, 0.5) is 0 Å². The van der Waals surface area contributed by atoms with Crippen LogP contribution in [0.1, 0.15) is 42.3 Å². The van der Waals surface area contributed by atoms with Crippen LogP contribution in [0.5, 0.6) is 0 Å². The number of aromatic nitrogens is 2. The zero-order valence-electron chi connectivity index (χ0n) is 10.6. The number of aryl methyl sites for hydroxylation is 1. The molecule has 0 N–H and O–H groups in total. The molecule has 17 heavy (non-hydrogen) atoms. The van der Waals surface area contributed by atoms with Gasteiger partial charge in [-0.25, -0.2) is 0 Å². The Balaban J connectivity index is 2.21. The van der Waals surface area contributed by atoms with Gasteiger partial charge in [-0.1, -0.05) is 43.7 Å². The van der Waals surface area contributed by atoms with Crippen molar-refractivity contribution in [2.45, 2.75) is 33.1 Å². The van der Waals surface area contributed by atoms with E-state index in [1.54, 1.807) is 0 Å². The molecule has 0 atom stereocenters. The van der Waals surface area contributed by atoms with Gasteiger partial charge in [0.1, 0.15) is 0 Å². The Morgan fingerprint density at radius 1 is 1.18 bits per heavy atom. The Kier molecular flexibility index (Phi) is 3.52. The molecule has 0 radical (unpaired) electrons. The molecule has 1 heterocycles. The largest absolute Gasteiger partial charge is 0.261 e. The van der Waals surface area contributed by atoms with Gasteiger partial charge in [-0.3, -0.25) is 9.97 Å². The smallest absolute Gasteiger partial charge is 0.0633 e. The molecular weight excluding hydrogens is 208 g/mol. The SMILES string of the molecule is Cc1cccc(Cc2cncc(C(C)C)n2)c1. The van der Waals surface area contributed by atoms with Crippen molar-refractivity contribution in [2.75, 3.05) is 0 Å². The zero-order chi connectivity index (χ0) is 12.3. The lowest BCUT2D eigenvalue weighted by molar-refractivity contribution is 0.796. The Hall–Kier alpha value is -1.70. The topological polar surface area (TPSA) is 25.8 Å². The monoisotopic (exact) mass is 226 g/mol. The molecule has 0 bridgehead atoms. The third kappa shape index (κ3) is 3.13. The summed E-state index contributed by atoms with van der Waals surface area (Å²) in [4.78, 5) is 8.90. The van der Waals surface area contributed by atoms with Crippen molar-refractivity contribution in [3.63, 3.8) is 0 Å². The molecule has 2 rings (SSSR count). The number of hydrogen-bond acceptors (Lipinski definition) is 2. The van der Waals surface area contributed by atoms with Gasteiger partial charge in [-0.2, -0.15) is 0 Å². The standard InChI is InChI=1S/C15H18N2/c1-11(2)15-10-16-9-14(17-15)8-13-6-4-5-12(3)7-13/h4-7,9-11H,8H2,1-3H3. The summed E-state index contributed by atoms with van der Waals surface area (Å²) in [6.07, 6.45) is 4.56. The van der Waals surface area contributed by atoms with Gasteiger partial charge in [0, 0.05) is 18.8 Å². The van der Waals surface area contributed by atoms with Crippen LogP contribution < -0.4 is 0 Å². The summed E-state index contributed by atoms with van der Waals surface area (Å²) in [5, 5.41) is 0. The Labute approximate surface area is 103 Å². The number of benzene rings is 1. The summed E-state index contributed by atoms with van der Waals surface area (Å²) in [5.74, 6) is 0.431. The Morgan fingerprint density at radius 2 is 2.00 bits per heavy atom. The van der Waals surface area contributed by atoms with E-state index in [2.05, 4.69) is 55.0 Å². The second-order valence-electron chi connectivity index (χ2n) is 4.76. The minimum atomic E-state index is 0.431. The summed E-state index contributed by atoms with van der Waals surface area (Å²) in [6, 6.07) is 8.53. The molecular formula is C15H18N2. The fourth-order valence-corrected chi connectivity index (χ4v) is 1.82. The third-order valence-corrected chi connectivity index (χ3v) is 2.76. The molecule has 2 heteroatoms. The molecule has 1 aromatic carbocycles. The molecule has 0 aliphatic carbocycles. The summed E-state index contributed by atoms with van der Waals surface area (Å²) in [6.45, 7) is 6.39. The van der Waals surface area contributed by atoms with Gasteiger partial charge in [-0.15, -0.1) is 0 Å². The first-order valence-corrected chi connectivity index (χ1v) is 6.01. The Bertz CT molecular complexity index is 504. The van der Waals surface area contributed by atoms with Crippen molar-refractivity contribution in [1.29, 1.82) is 0 Å². The molecule has 2 nitrogen and oxygen atoms in total. The number of hydrogen-bond donors (Lipinski definition) is 0. The first-order chi connectivity index (χ1) is 8.15. The van der Waals surface area contributed by atoms with Crippen molar-refractivity contribution in [1.82, 2.24) is 9.97 Å². The van der Waals surface area contributed by atoms with E-state index in [1.807, 2.05) is 12.4 Å². The highest BCUT2D eigenvalue weighted by Crippen LogP contribution is 2.13. The fourth-order valence-electron chi connectivity index (χ4n) is 1.82. The first-order valence-electron chi connectivity index (χ1n) is 6.01. The summed E-state index contributed by atoms with van der Waals surface area (Å²) in [5.41, 5.74) is 4.69. The van der Waals surface area contributed by atoms with Gasteiger partial charge < -0.3 is 0 Å². The molecule has 0 saturated heterocycles. The molecule has 0 unspecified atom stereocenters. The van der Waals surface area contributed by atoms with Gasteiger partial charge in [0.05, 0.1) is 11.4 Å². The normalized spacial score (nSPS) is 10.8. The van der Waals surface area contributed by atoms with Gasteiger partial charge in [-0.05, 0) is 18.4 Å². The van der Waals surface area contributed by atoms with Crippen LogP contribution in [-0.2, 0) is 6.42 Å². The predicted octanol–water partition coefficient (Wildman–Crippen LogP) is 3.50. The second-order valence-corrected chi connectivity index (χ2v) is 4.76. The van der Waals surface area contributed by atoms with E-state index in [9.17, 15) is 0 Å². The fraction of sp³-hybridized carbons (Fsp3) is 0.333. The lowest BCUT2D eigenvalue weighted by Crippen LogP contribution is -2.00. The molecule has 0 aliphatic rings. The number of rotatable bonds is 3. The quantitative estimate of drug-likeness (QED) is 0.800. The van der Waals surface area contributed by atoms with Gasteiger partial charge in [0.15, 0.2) is 0 Å². The van der Waals surface area contributed by atoms with Gasteiger partial charge >= 0.3 is 0 Å². The van der Waals surface area contributed by atoms with E-state index in [1.165, 1.54) is 11.1 Å². The summed E-state index contributed by atoms with van der Waals surface area (Å²) >= 11 is 0. The second kappa shape index (κ2) is 5.09. The van der Waals surface area contributed by atoms with E-state index < -0.39 is 0 Å². The molecule has 1 aromatic heterocycles. The number of nitrogens with zero attached hydrogens (tertiary/aromatic N) is 2. The van der Waals surface area contributed by atoms with Crippen molar-refractivity contribution in [2.24, 2.45) is 0 Å². The van der Waals surface area contributed by atoms with Gasteiger partial charge in [0.2, 0.25) is 0 Å². The molecule has 2 aromatic rings. The van der Waals surface area contributed by atoms with Crippen LogP contribution >= 0.6 is 0 Å². The highest BCUT2D eigenvalue weighted by atomic mass is 14.8. The summed E-state index contributed by atoms with van der Waals surface area (Å²) < 4.78 is 0. The average molecular weight is 226 g/mol. The van der Waals surface area contributed by atoms with E-state index in [0.717, 1.165) is 17.8 Å². The van der Waals surface area contributed by atoms with Crippen LogP contribution in [0.15, 0.2) is 36.7 Å². The van der Waals surface area contributed by atoms with E-state index in [4.69, 9.17) is 0 Å².